The van der Waals surface area contributed by atoms with Crippen molar-refractivity contribution in [2.75, 3.05) is 19.0 Å². The number of anilines is 2. The maximum Gasteiger partial charge on any atom is 0.207 e. The first kappa shape index (κ1) is 17.9. The molecular formula is C19H18N4O2S. The lowest BCUT2D eigenvalue weighted by Crippen LogP contribution is -1.98. The van der Waals surface area contributed by atoms with Crippen molar-refractivity contribution in [3.05, 3.63) is 65.5 Å². The van der Waals surface area contributed by atoms with Crippen LogP contribution in [-0.4, -0.2) is 23.1 Å². The Kier molecular flexibility index (Phi) is 6.14. The summed E-state index contributed by atoms with van der Waals surface area (Å²) in [7, 11) is 1.66. The summed E-state index contributed by atoms with van der Waals surface area (Å²) in [5, 5.41) is 12.9. The van der Waals surface area contributed by atoms with E-state index in [9.17, 15) is 0 Å². The van der Waals surface area contributed by atoms with E-state index in [-0.39, 0.29) is 0 Å². The van der Waals surface area contributed by atoms with E-state index >= 15 is 0 Å². The van der Waals surface area contributed by atoms with Gasteiger partial charge in [0.25, 0.3) is 0 Å². The molecule has 26 heavy (non-hydrogen) atoms. The molecule has 0 atom stereocenters. The molecule has 0 saturated carbocycles. The molecule has 0 fully saturated rings. The van der Waals surface area contributed by atoms with Gasteiger partial charge in [0, 0.05) is 36.8 Å². The number of methoxy groups -OCH3 is 1. The lowest BCUT2D eigenvalue weighted by atomic mass is 10.1. The number of aromatic nitrogens is 2. The summed E-state index contributed by atoms with van der Waals surface area (Å²) >= 11 is 1.32. The molecule has 1 heterocycles. The van der Waals surface area contributed by atoms with Crippen LogP contribution in [-0.2, 0) is 17.8 Å². The maximum atomic E-state index is 8.96. The standard InChI is InChI=1S/C19H18N4O2S/c1-24-9-8-18-22-19(26-23-18)21-16-6-3-7-17(11-16)25-13-15-5-2-4-14(10-15)12-20/h2-7,10-11H,8-9,13H2,1H3,(H,21,22,23). The Bertz CT molecular complexity index is 904. The molecular weight excluding hydrogens is 348 g/mol. The summed E-state index contributed by atoms with van der Waals surface area (Å²) in [5.74, 6) is 1.51. The van der Waals surface area contributed by atoms with Gasteiger partial charge in [-0.2, -0.15) is 9.64 Å². The fourth-order valence-corrected chi connectivity index (χ4v) is 2.92. The third-order valence-electron chi connectivity index (χ3n) is 3.54. The first-order chi connectivity index (χ1) is 12.8. The van der Waals surface area contributed by atoms with Crippen LogP contribution in [0, 0.1) is 11.3 Å². The largest absolute Gasteiger partial charge is 0.489 e. The van der Waals surface area contributed by atoms with Gasteiger partial charge < -0.3 is 14.8 Å². The van der Waals surface area contributed by atoms with Gasteiger partial charge in [0.2, 0.25) is 5.13 Å². The van der Waals surface area contributed by atoms with E-state index in [1.807, 2.05) is 42.5 Å². The van der Waals surface area contributed by atoms with Crippen molar-refractivity contribution in [3.8, 4) is 11.8 Å². The van der Waals surface area contributed by atoms with Crippen LogP contribution < -0.4 is 10.1 Å². The van der Waals surface area contributed by atoms with Crippen LogP contribution in [0.5, 0.6) is 5.75 Å². The average Bonchev–Trinajstić information content (AvgIpc) is 3.12. The highest BCUT2D eigenvalue weighted by atomic mass is 32.1. The number of benzene rings is 2. The number of nitrogens with one attached hydrogen (secondary N) is 1. The van der Waals surface area contributed by atoms with Gasteiger partial charge in [-0.3, -0.25) is 0 Å². The molecule has 1 aromatic heterocycles. The summed E-state index contributed by atoms with van der Waals surface area (Å²) in [6, 6.07) is 17.2. The van der Waals surface area contributed by atoms with Crippen LogP contribution in [0.1, 0.15) is 17.0 Å². The van der Waals surface area contributed by atoms with Gasteiger partial charge in [-0.1, -0.05) is 18.2 Å². The molecule has 0 bridgehead atoms. The van der Waals surface area contributed by atoms with Gasteiger partial charge in [0.1, 0.15) is 18.2 Å². The van der Waals surface area contributed by atoms with E-state index < -0.39 is 0 Å². The number of ether oxygens (including phenoxy) is 2. The van der Waals surface area contributed by atoms with Gasteiger partial charge in [-0.15, -0.1) is 0 Å². The Morgan fingerprint density at radius 3 is 2.92 bits per heavy atom. The Hall–Kier alpha value is -2.95. The monoisotopic (exact) mass is 366 g/mol. The molecule has 0 unspecified atom stereocenters. The van der Waals surface area contributed by atoms with E-state index in [2.05, 4.69) is 20.7 Å². The van der Waals surface area contributed by atoms with Crippen LogP contribution in [0.15, 0.2) is 48.5 Å². The van der Waals surface area contributed by atoms with E-state index in [0.717, 1.165) is 28.0 Å². The molecule has 0 saturated heterocycles. The zero-order valence-electron chi connectivity index (χ0n) is 14.3. The average molecular weight is 366 g/mol. The number of hydrogen-bond donors (Lipinski definition) is 1. The van der Waals surface area contributed by atoms with Crippen LogP contribution in [0.2, 0.25) is 0 Å². The molecule has 132 valence electrons. The normalized spacial score (nSPS) is 10.3. The lowest BCUT2D eigenvalue weighted by Gasteiger charge is -2.08. The smallest absolute Gasteiger partial charge is 0.207 e. The molecule has 1 N–H and O–H groups in total. The van der Waals surface area contributed by atoms with Crippen LogP contribution in [0.4, 0.5) is 10.8 Å². The van der Waals surface area contributed by atoms with Crippen molar-refractivity contribution < 1.29 is 9.47 Å². The molecule has 0 aliphatic rings. The minimum absolute atomic E-state index is 0.402. The summed E-state index contributed by atoms with van der Waals surface area (Å²) in [4.78, 5) is 4.43. The Morgan fingerprint density at radius 1 is 1.19 bits per heavy atom. The van der Waals surface area contributed by atoms with E-state index in [4.69, 9.17) is 14.7 Å². The quantitative estimate of drug-likeness (QED) is 0.651. The van der Waals surface area contributed by atoms with Crippen molar-refractivity contribution in [1.29, 1.82) is 5.26 Å². The first-order valence-electron chi connectivity index (χ1n) is 8.07. The predicted molar refractivity (Wildman–Crippen MR) is 101 cm³/mol. The minimum atomic E-state index is 0.402. The topological polar surface area (TPSA) is 80.1 Å². The molecule has 0 aliphatic heterocycles. The van der Waals surface area contributed by atoms with Crippen molar-refractivity contribution in [2.24, 2.45) is 0 Å². The summed E-state index contributed by atoms with van der Waals surface area (Å²) in [6.07, 6.45) is 0.694. The molecule has 0 aliphatic carbocycles. The molecule has 6 nitrogen and oxygen atoms in total. The second-order valence-corrected chi connectivity index (χ2v) is 6.26. The lowest BCUT2D eigenvalue weighted by molar-refractivity contribution is 0.201. The van der Waals surface area contributed by atoms with Crippen LogP contribution in [0.25, 0.3) is 0 Å². The number of nitriles is 1. The summed E-state index contributed by atoms with van der Waals surface area (Å²) in [5.41, 5.74) is 2.46. The maximum absolute atomic E-state index is 8.96. The first-order valence-corrected chi connectivity index (χ1v) is 8.84. The molecule has 2 aromatic carbocycles. The van der Waals surface area contributed by atoms with E-state index in [0.29, 0.717) is 25.2 Å². The van der Waals surface area contributed by atoms with Crippen molar-refractivity contribution >= 4 is 22.4 Å². The number of nitrogens with zero attached hydrogens (tertiary/aromatic N) is 3. The highest BCUT2D eigenvalue weighted by Gasteiger charge is 2.05. The molecule has 3 aromatic rings. The Balaban J connectivity index is 1.61. The number of hydrogen-bond acceptors (Lipinski definition) is 7. The van der Waals surface area contributed by atoms with Crippen LogP contribution in [0.3, 0.4) is 0 Å². The summed E-state index contributed by atoms with van der Waals surface area (Å²) < 4.78 is 15.2. The third kappa shape index (κ3) is 5.02. The van der Waals surface area contributed by atoms with E-state index in [1.165, 1.54) is 11.5 Å². The zero-order chi connectivity index (χ0) is 18.2. The molecule has 0 amide bonds. The van der Waals surface area contributed by atoms with Crippen LogP contribution >= 0.6 is 11.5 Å². The molecule has 0 radical (unpaired) electrons. The second-order valence-electron chi connectivity index (χ2n) is 5.51. The van der Waals surface area contributed by atoms with E-state index in [1.54, 1.807) is 13.2 Å². The van der Waals surface area contributed by atoms with Crippen molar-refractivity contribution in [1.82, 2.24) is 9.36 Å². The van der Waals surface area contributed by atoms with Gasteiger partial charge in [0.05, 0.1) is 18.2 Å². The van der Waals surface area contributed by atoms with Crippen molar-refractivity contribution in [3.63, 3.8) is 0 Å². The highest BCUT2D eigenvalue weighted by Crippen LogP contribution is 2.23. The molecule has 3 rings (SSSR count). The zero-order valence-corrected chi connectivity index (χ0v) is 15.1. The fraction of sp³-hybridized carbons (Fsp3) is 0.211. The molecule has 7 heteroatoms. The van der Waals surface area contributed by atoms with Gasteiger partial charge in [-0.25, -0.2) is 4.98 Å². The van der Waals surface area contributed by atoms with Gasteiger partial charge >= 0.3 is 0 Å². The highest BCUT2D eigenvalue weighted by molar-refractivity contribution is 7.09. The fourth-order valence-electron chi connectivity index (χ4n) is 2.28. The minimum Gasteiger partial charge on any atom is -0.489 e. The predicted octanol–water partition coefficient (Wildman–Crippen LogP) is 3.92. The van der Waals surface area contributed by atoms with Gasteiger partial charge in [-0.05, 0) is 29.8 Å². The number of rotatable bonds is 8. The third-order valence-corrected chi connectivity index (χ3v) is 4.21. The summed E-state index contributed by atoms with van der Waals surface area (Å²) in [6.45, 7) is 1.01. The van der Waals surface area contributed by atoms with Crippen molar-refractivity contribution in [2.45, 2.75) is 13.0 Å². The Morgan fingerprint density at radius 2 is 2.08 bits per heavy atom. The Labute approximate surface area is 156 Å². The SMILES string of the molecule is COCCc1nsc(Nc2cccc(OCc3cccc(C#N)c3)c2)n1. The second kappa shape index (κ2) is 8.94. The van der Waals surface area contributed by atoms with Gasteiger partial charge in [0.15, 0.2) is 0 Å². The molecule has 0 spiro atoms.